The third kappa shape index (κ3) is 2.27. The Hall–Kier alpha value is -2.50. The molecule has 0 saturated heterocycles. The number of aromatic nitrogens is 2. The van der Waals surface area contributed by atoms with Gasteiger partial charge in [-0.25, -0.2) is 4.39 Å². The number of nitrogen functional groups attached to an aromatic ring is 1. The first-order valence-corrected chi connectivity index (χ1v) is 5.17. The molecule has 2 aromatic rings. The van der Waals surface area contributed by atoms with Crippen LogP contribution in [-0.2, 0) is 0 Å². The number of amides is 1. The second-order valence-corrected chi connectivity index (χ2v) is 3.69. The van der Waals surface area contributed by atoms with Crippen molar-refractivity contribution >= 4 is 17.3 Å². The third-order valence-electron chi connectivity index (χ3n) is 2.45. The van der Waals surface area contributed by atoms with Gasteiger partial charge >= 0.3 is 0 Å². The van der Waals surface area contributed by atoms with Crippen LogP contribution in [-0.4, -0.2) is 22.9 Å². The maximum atomic E-state index is 13.0. The predicted molar refractivity (Wildman–Crippen MR) is 65.6 cm³/mol. The van der Waals surface area contributed by atoms with Gasteiger partial charge in [0.25, 0.3) is 5.91 Å². The zero-order valence-corrected chi connectivity index (χ0v) is 9.67. The molecule has 2 N–H and O–H groups in total. The lowest BCUT2D eigenvalue weighted by atomic mass is 10.2. The summed E-state index contributed by atoms with van der Waals surface area (Å²) < 4.78 is 13.0. The molecule has 92 valence electrons. The van der Waals surface area contributed by atoms with Gasteiger partial charge in [-0.2, -0.15) is 0 Å². The molecular formula is C12H11FN4O. The van der Waals surface area contributed by atoms with Crippen LogP contribution in [0.1, 0.15) is 10.4 Å². The molecule has 0 radical (unpaired) electrons. The Kier molecular flexibility index (Phi) is 3.18. The van der Waals surface area contributed by atoms with Crippen LogP contribution in [0.4, 0.5) is 15.8 Å². The van der Waals surface area contributed by atoms with E-state index < -0.39 is 5.82 Å². The van der Waals surface area contributed by atoms with Crippen LogP contribution >= 0.6 is 0 Å². The van der Waals surface area contributed by atoms with Crippen LogP contribution in [0.3, 0.4) is 0 Å². The van der Waals surface area contributed by atoms with Gasteiger partial charge in [0.05, 0.1) is 29.3 Å². The topological polar surface area (TPSA) is 72.1 Å². The van der Waals surface area contributed by atoms with E-state index in [1.54, 1.807) is 13.1 Å². The number of rotatable bonds is 2. The fraction of sp³-hybridized carbons (Fsp3) is 0.0833. The molecule has 0 aliphatic rings. The molecule has 0 atom stereocenters. The molecule has 0 aromatic carbocycles. The van der Waals surface area contributed by atoms with Gasteiger partial charge in [-0.1, -0.05) is 0 Å². The smallest absolute Gasteiger partial charge is 0.259 e. The fourth-order valence-electron chi connectivity index (χ4n) is 1.54. The summed E-state index contributed by atoms with van der Waals surface area (Å²) in [4.78, 5) is 20.9. The summed E-state index contributed by atoms with van der Waals surface area (Å²) in [6, 6.07) is 2.74. The van der Waals surface area contributed by atoms with E-state index in [2.05, 4.69) is 9.97 Å². The number of anilines is 2. The normalized spacial score (nSPS) is 10.1. The molecule has 2 aromatic heterocycles. The predicted octanol–water partition coefficient (Wildman–Crippen LogP) is 1.47. The SMILES string of the molecule is CN(C(=O)c1cncc(F)c1)c1ccncc1N. The Bertz CT molecular complexity index is 588. The molecule has 0 aliphatic carbocycles. The number of carbonyl (C=O) groups is 1. The molecule has 0 unspecified atom stereocenters. The number of halogens is 1. The van der Waals surface area contributed by atoms with Crippen LogP contribution in [0.5, 0.6) is 0 Å². The third-order valence-corrected chi connectivity index (χ3v) is 2.45. The average Bonchev–Trinajstić information content (AvgIpc) is 2.37. The summed E-state index contributed by atoms with van der Waals surface area (Å²) in [5, 5.41) is 0. The molecule has 0 bridgehead atoms. The highest BCUT2D eigenvalue weighted by Gasteiger charge is 2.16. The van der Waals surface area contributed by atoms with Gasteiger partial charge in [-0.3, -0.25) is 14.8 Å². The number of carbonyl (C=O) groups excluding carboxylic acids is 1. The van der Waals surface area contributed by atoms with E-state index in [0.717, 1.165) is 12.3 Å². The van der Waals surface area contributed by atoms with Crippen LogP contribution in [0, 0.1) is 5.82 Å². The molecule has 18 heavy (non-hydrogen) atoms. The number of nitrogens with zero attached hydrogens (tertiary/aromatic N) is 3. The Morgan fingerprint density at radius 3 is 2.78 bits per heavy atom. The van der Waals surface area contributed by atoms with Crippen molar-refractivity contribution in [3.63, 3.8) is 0 Å². The first-order valence-electron chi connectivity index (χ1n) is 5.17. The molecule has 5 nitrogen and oxygen atoms in total. The van der Waals surface area contributed by atoms with Gasteiger partial charge in [-0.05, 0) is 12.1 Å². The number of nitrogens with two attached hydrogens (primary N) is 1. The summed E-state index contributed by atoms with van der Waals surface area (Å²) in [5.41, 5.74) is 6.77. The number of hydrogen-bond donors (Lipinski definition) is 1. The van der Waals surface area contributed by atoms with Crippen molar-refractivity contribution in [3.05, 3.63) is 48.3 Å². The summed E-state index contributed by atoms with van der Waals surface area (Å²) in [5.74, 6) is -0.947. The van der Waals surface area contributed by atoms with Gasteiger partial charge < -0.3 is 10.6 Å². The van der Waals surface area contributed by atoms with Crippen LogP contribution < -0.4 is 10.6 Å². The van der Waals surface area contributed by atoms with Gasteiger partial charge in [0, 0.05) is 19.4 Å². The van der Waals surface area contributed by atoms with Crippen molar-refractivity contribution in [2.45, 2.75) is 0 Å². The molecule has 1 amide bonds. The lowest BCUT2D eigenvalue weighted by Gasteiger charge is -2.18. The van der Waals surface area contributed by atoms with Crippen LogP contribution in [0.15, 0.2) is 36.9 Å². The van der Waals surface area contributed by atoms with Crippen molar-refractivity contribution in [2.24, 2.45) is 0 Å². The average molecular weight is 246 g/mol. The Morgan fingerprint density at radius 1 is 1.33 bits per heavy atom. The quantitative estimate of drug-likeness (QED) is 0.871. The first kappa shape index (κ1) is 12.0. The summed E-state index contributed by atoms with van der Waals surface area (Å²) in [6.07, 6.45) is 5.32. The molecule has 2 heterocycles. The molecule has 0 aliphatic heterocycles. The molecule has 6 heteroatoms. The minimum atomic E-state index is -0.558. The summed E-state index contributed by atoms with van der Waals surface area (Å²) in [7, 11) is 1.55. The zero-order valence-electron chi connectivity index (χ0n) is 9.67. The molecule has 0 saturated carbocycles. The van der Waals surface area contributed by atoms with E-state index in [1.165, 1.54) is 23.5 Å². The van der Waals surface area contributed by atoms with Gasteiger partial charge in [0.1, 0.15) is 5.82 Å². The Balaban J connectivity index is 2.32. The Morgan fingerprint density at radius 2 is 2.11 bits per heavy atom. The van der Waals surface area contributed by atoms with E-state index in [-0.39, 0.29) is 11.5 Å². The van der Waals surface area contributed by atoms with E-state index in [9.17, 15) is 9.18 Å². The number of pyridine rings is 2. The largest absolute Gasteiger partial charge is 0.396 e. The highest BCUT2D eigenvalue weighted by Crippen LogP contribution is 2.21. The van der Waals surface area contributed by atoms with Crippen molar-refractivity contribution in [1.82, 2.24) is 9.97 Å². The zero-order chi connectivity index (χ0) is 13.1. The molecule has 0 fully saturated rings. The van der Waals surface area contributed by atoms with Crippen molar-refractivity contribution in [3.8, 4) is 0 Å². The minimum absolute atomic E-state index is 0.161. The Labute approximate surface area is 103 Å². The molecule has 2 rings (SSSR count). The van der Waals surface area contributed by atoms with E-state index in [0.29, 0.717) is 11.4 Å². The van der Waals surface area contributed by atoms with Gasteiger partial charge in [0.2, 0.25) is 0 Å². The van der Waals surface area contributed by atoms with E-state index in [4.69, 9.17) is 5.73 Å². The minimum Gasteiger partial charge on any atom is -0.396 e. The van der Waals surface area contributed by atoms with Crippen molar-refractivity contribution in [2.75, 3.05) is 17.7 Å². The molecule has 0 spiro atoms. The highest BCUT2D eigenvalue weighted by atomic mass is 19.1. The van der Waals surface area contributed by atoms with E-state index >= 15 is 0 Å². The van der Waals surface area contributed by atoms with E-state index in [1.807, 2.05) is 0 Å². The highest BCUT2D eigenvalue weighted by molar-refractivity contribution is 6.06. The van der Waals surface area contributed by atoms with Crippen molar-refractivity contribution < 1.29 is 9.18 Å². The monoisotopic (exact) mass is 246 g/mol. The summed E-state index contributed by atoms with van der Waals surface area (Å²) in [6.45, 7) is 0. The second kappa shape index (κ2) is 4.79. The van der Waals surface area contributed by atoms with Gasteiger partial charge in [-0.15, -0.1) is 0 Å². The summed E-state index contributed by atoms with van der Waals surface area (Å²) >= 11 is 0. The lowest BCUT2D eigenvalue weighted by Crippen LogP contribution is -2.27. The maximum Gasteiger partial charge on any atom is 0.259 e. The van der Waals surface area contributed by atoms with Crippen molar-refractivity contribution in [1.29, 1.82) is 0 Å². The first-order chi connectivity index (χ1) is 8.59. The fourth-order valence-corrected chi connectivity index (χ4v) is 1.54. The number of hydrogen-bond acceptors (Lipinski definition) is 4. The standard InChI is InChI=1S/C12H11FN4O/c1-17(11-2-3-15-7-10(11)14)12(18)8-4-9(13)6-16-5-8/h2-7H,14H2,1H3. The van der Waals surface area contributed by atoms with Gasteiger partial charge in [0.15, 0.2) is 0 Å². The molecular weight excluding hydrogens is 235 g/mol. The maximum absolute atomic E-state index is 13.0. The van der Waals surface area contributed by atoms with Crippen LogP contribution in [0.25, 0.3) is 0 Å². The van der Waals surface area contributed by atoms with Crippen LogP contribution in [0.2, 0.25) is 0 Å². The second-order valence-electron chi connectivity index (χ2n) is 3.69. The lowest BCUT2D eigenvalue weighted by molar-refractivity contribution is 0.0992.